The molecule has 1 aliphatic carbocycles. The molecule has 1 aliphatic rings. The first-order chi connectivity index (χ1) is 15.0. The van der Waals surface area contributed by atoms with Gasteiger partial charge in [0.1, 0.15) is 5.00 Å². The summed E-state index contributed by atoms with van der Waals surface area (Å²) in [5.41, 5.74) is 1.55. The zero-order valence-electron chi connectivity index (χ0n) is 17.1. The molecule has 4 rings (SSSR count). The Morgan fingerprint density at radius 2 is 2.13 bits per heavy atom. The standard InChI is InChI=1S/C20H21BrN4O4S2/c1-3-28-19(27)16-11-6-4-5-7-13(11)31-18(16)22-15(26)10-30-20-24-23-17(25(20)2)12-8-9-14(21)29-12/h8-9H,3-7,10H2,1-2H3,(H,22,26). The number of hydrogen-bond acceptors (Lipinski definition) is 8. The maximum absolute atomic E-state index is 12.7. The molecule has 3 heterocycles. The Bertz CT molecular complexity index is 1120. The number of hydrogen-bond donors (Lipinski definition) is 1. The molecule has 0 aromatic carbocycles. The fourth-order valence-electron chi connectivity index (χ4n) is 3.46. The summed E-state index contributed by atoms with van der Waals surface area (Å²) in [6, 6.07) is 3.58. The molecule has 0 fully saturated rings. The van der Waals surface area contributed by atoms with Crippen molar-refractivity contribution in [2.45, 2.75) is 37.8 Å². The summed E-state index contributed by atoms with van der Waals surface area (Å²) in [4.78, 5) is 26.4. The van der Waals surface area contributed by atoms with E-state index in [0.717, 1.165) is 31.2 Å². The van der Waals surface area contributed by atoms with Crippen molar-refractivity contribution >= 4 is 55.9 Å². The minimum atomic E-state index is -0.368. The van der Waals surface area contributed by atoms with Gasteiger partial charge in [-0.05, 0) is 66.2 Å². The summed E-state index contributed by atoms with van der Waals surface area (Å²) in [5, 5.41) is 12.4. The first kappa shape index (κ1) is 22.1. The number of thioether (sulfide) groups is 1. The van der Waals surface area contributed by atoms with Crippen molar-refractivity contribution in [1.82, 2.24) is 14.8 Å². The second-order valence-corrected chi connectivity index (χ2v) is 9.77. The Balaban J connectivity index is 1.46. The van der Waals surface area contributed by atoms with Crippen LogP contribution in [0.1, 0.15) is 40.6 Å². The lowest BCUT2D eigenvalue weighted by molar-refractivity contribution is -0.113. The summed E-state index contributed by atoms with van der Waals surface area (Å²) in [6.45, 7) is 2.08. The predicted molar refractivity (Wildman–Crippen MR) is 123 cm³/mol. The molecule has 0 spiro atoms. The van der Waals surface area contributed by atoms with Gasteiger partial charge in [-0.3, -0.25) is 4.79 Å². The number of anilines is 1. The van der Waals surface area contributed by atoms with E-state index < -0.39 is 0 Å². The lowest BCUT2D eigenvalue weighted by atomic mass is 9.95. The minimum absolute atomic E-state index is 0.138. The van der Waals surface area contributed by atoms with E-state index in [4.69, 9.17) is 9.15 Å². The van der Waals surface area contributed by atoms with Gasteiger partial charge >= 0.3 is 5.97 Å². The molecule has 0 saturated heterocycles. The topological polar surface area (TPSA) is 99.2 Å². The number of fused-ring (bicyclic) bond motifs is 1. The molecular weight excluding hydrogens is 504 g/mol. The SMILES string of the molecule is CCOC(=O)c1c(NC(=O)CSc2nnc(-c3ccc(Br)o3)n2C)sc2c1CCCC2. The number of aryl methyl sites for hydroxylation is 1. The maximum atomic E-state index is 12.7. The lowest BCUT2D eigenvalue weighted by Gasteiger charge is -2.12. The molecule has 0 radical (unpaired) electrons. The number of nitrogens with zero attached hydrogens (tertiary/aromatic N) is 3. The highest BCUT2D eigenvalue weighted by Gasteiger charge is 2.27. The quantitative estimate of drug-likeness (QED) is 0.353. The van der Waals surface area contributed by atoms with Crippen LogP contribution in [0.15, 0.2) is 26.4 Å². The van der Waals surface area contributed by atoms with Crippen molar-refractivity contribution in [3.05, 3.63) is 32.8 Å². The van der Waals surface area contributed by atoms with Crippen molar-refractivity contribution in [3.8, 4) is 11.6 Å². The molecule has 8 nitrogen and oxygen atoms in total. The number of esters is 1. The van der Waals surface area contributed by atoms with Gasteiger partial charge in [0, 0.05) is 11.9 Å². The van der Waals surface area contributed by atoms with Gasteiger partial charge in [0.2, 0.25) is 5.91 Å². The Labute approximate surface area is 195 Å². The number of furan rings is 1. The number of amides is 1. The van der Waals surface area contributed by atoms with Crippen LogP contribution in [-0.4, -0.2) is 39.0 Å². The first-order valence-corrected chi connectivity index (χ1v) is 12.5. The van der Waals surface area contributed by atoms with Crippen LogP contribution in [0.5, 0.6) is 0 Å². The van der Waals surface area contributed by atoms with Gasteiger partial charge in [-0.1, -0.05) is 11.8 Å². The van der Waals surface area contributed by atoms with Gasteiger partial charge in [-0.2, -0.15) is 0 Å². The first-order valence-electron chi connectivity index (χ1n) is 9.87. The molecule has 1 amide bonds. The van der Waals surface area contributed by atoms with Gasteiger partial charge in [0.05, 0.1) is 17.9 Å². The number of rotatable bonds is 7. The smallest absolute Gasteiger partial charge is 0.341 e. The molecule has 11 heteroatoms. The number of halogens is 1. The number of carbonyl (C=O) groups excluding carboxylic acids is 2. The summed E-state index contributed by atoms with van der Waals surface area (Å²) in [7, 11) is 1.82. The van der Waals surface area contributed by atoms with E-state index in [0.29, 0.717) is 38.6 Å². The van der Waals surface area contributed by atoms with Gasteiger partial charge < -0.3 is 19.0 Å². The number of aromatic nitrogens is 3. The lowest BCUT2D eigenvalue weighted by Crippen LogP contribution is -2.17. The van der Waals surface area contributed by atoms with E-state index in [9.17, 15) is 9.59 Å². The van der Waals surface area contributed by atoms with Gasteiger partial charge in [-0.25, -0.2) is 4.79 Å². The monoisotopic (exact) mass is 524 g/mol. The molecule has 0 saturated carbocycles. The average molecular weight is 525 g/mol. The second-order valence-electron chi connectivity index (χ2n) is 6.94. The molecule has 0 bridgehead atoms. The number of nitrogens with one attached hydrogen (secondary N) is 1. The Kier molecular flexibility index (Phi) is 6.83. The van der Waals surface area contributed by atoms with E-state index in [-0.39, 0.29) is 17.6 Å². The maximum Gasteiger partial charge on any atom is 0.341 e. The highest BCUT2D eigenvalue weighted by molar-refractivity contribution is 9.10. The van der Waals surface area contributed by atoms with Crippen LogP contribution in [-0.2, 0) is 29.4 Å². The van der Waals surface area contributed by atoms with Crippen LogP contribution >= 0.6 is 39.0 Å². The largest absolute Gasteiger partial charge is 0.462 e. The van der Waals surface area contributed by atoms with E-state index in [1.807, 2.05) is 7.05 Å². The van der Waals surface area contributed by atoms with Crippen molar-refractivity contribution < 1.29 is 18.7 Å². The van der Waals surface area contributed by atoms with Crippen molar-refractivity contribution in [1.29, 1.82) is 0 Å². The van der Waals surface area contributed by atoms with Crippen LogP contribution in [0, 0.1) is 0 Å². The fourth-order valence-corrected chi connectivity index (χ4v) is 5.77. The van der Waals surface area contributed by atoms with Gasteiger partial charge in [0.25, 0.3) is 0 Å². The van der Waals surface area contributed by atoms with Crippen LogP contribution in [0.2, 0.25) is 0 Å². The normalized spacial score (nSPS) is 13.1. The summed E-state index contributed by atoms with van der Waals surface area (Å²) in [5.74, 6) is 0.718. The molecule has 31 heavy (non-hydrogen) atoms. The van der Waals surface area contributed by atoms with Gasteiger partial charge in [0.15, 0.2) is 21.4 Å². The Hall–Kier alpha value is -2.11. The third-order valence-electron chi connectivity index (χ3n) is 4.86. The fraction of sp³-hybridized carbons (Fsp3) is 0.400. The molecule has 0 atom stereocenters. The number of ether oxygens (including phenoxy) is 1. The number of carbonyl (C=O) groups is 2. The molecule has 3 aromatic rings. The molecular formula is C20H21BrN4O4S2. The average Bonchev–Trinajstić information content (AvgIpc) is 3.43. The summed E-state index contributed by atoms with van der Waals surface area (Å²) < 4.78 is 13.2. The van der Waals surface area contributed by atoms with E-state index in [2.05, 4.69) is 31.4 Å². The molecule has 3 aromatic heterocycles. The van der Waals surface area contributed by atoms with Gasteiger partial charge in [-0.15, -0.1) is 21.5 Å². The molecule has 0 aliphatic heterocycles. The minimum Gasteiger partial charge on any atom is -0.462 e. The zero-order chi connectivity index (χ0) is 22.0. The summed E-state index contributed by atoms with van der Waals surface area (Å²) in [6.07, 6.45) is 3.91. The Morgan fingerprint density at radius 1 is 1.32 bits per heavy atom. The molecule has 0 unspecified atom stereocenters. The third-order valence-corrected chi connectivity index (χ3v) is 7.52. The van der Waals surface area contributed by atoms with Crippen LogP contribution in [0.3, 0.4) is 0 Å². The third kappa shape index (κ3) is 4.73. The van der Waals surface area contributed by atoms with Crippen LogP contribution in [0.25, 0.3) is 11.6 Å². The van der Waals surface area contributed by atoms with Crippen molar-refractivity contribution in [2.75, 3.05) is 17.7 Å². The zero-order valence-corrected chi connectivity index (χ0v) is 20.3. The number of thiophene rings is 1. The van der Waals surface area contributed by atoms with Crippen molar-refractivity contribution in [3.63, 3.8) is 0 Å². The predicted octanol–water partition coefficient (Wildman–Crippen LogP) is 4.69. The van der Waals surface area contributed by atoms with Crippen LogP contribution in [0.4, 0.5) is 5.00 Å². The van der Waals surface area contributed by atoms with E-state index in [1.165, 1.54) is 28.0 Å². The van der Waals surface area contributed by atoms with E-state index >= 15 is 0 Å². The van der Waals surface area contributed by atoms with E-state index in [1.54, 1.807) is 23.6 Å². The second kappa shape index (κ2) is 9.58. The Morgan fingerprint density at radius 3 is 2.87 bits per heavy atom. The highest BCUT2D eigenvalue weighted by atomic mass is 79.9. The van der Waals surface area contributed by atoms with Crippen molar-refractivity contribution in [2.24, 2.45) is 7.05 Å². The molecule has 1 N–H and O–H groups in total. The summed E-state index contributed by atoms with van der Waals surface area (Å²) >= 11 is 6.02. The molecule has 164 valence electrons. The highest BCUT2D eigenvalue weighted by Crippen LogP contribution is 2.38. The van der Waals surface area contributed by atoms with Crippen LogP contribution < -0.4 is 5.32 Å².